The van der Waals surface area contributed by atoms with Crippen LogP contribution in [0.25, 0.3) is 0 Å². The van der Waals surface area contributed by atoms with E-state index in [1.807, 2.05) is 85.7 Å². The third-order valence-corrected chi connectivity index (χ3v) is 19.6. The molecular weight excluding hydrogens is 1270 g/mol. The monoisotopic (exact) mass is 1380 g/mol. The molecule has 5 rings (SSSR count). The molecule has 2 heterocycles. The van der Waals surface area contributed by atoms with Gasteiger partial charge in [-0.05, 0) is 104 Å². The number of urea groups is 1. The van der Waals surface area contributed by atoms with E-state index < -0.39 is 84.0 Å². The lowest BCUT2D eigenvalue weighted by atomic mass is 9.83. The normalized spacial score (nSPS) is 17.1. The number of carbonyl (C=O) groups is 11. The third kappa shape index (κ3) is 23.1. The number of nitrogens with one attached hydrogen (secondary N) is 3. The lowest BCUT2D eigenvalue weighted by Crippen LogP contribution is -2.54. The first-order valence-corrected chi connectivity index (χ1v) is 35.1. The fourth-order valence-corrected chi connectivity index (χ4v) is 13.6. The number of primary amides is 1. The molecule has 24 nitrogen and oxygen atoms in total. The fourth-order valence-electron chi connectivity index (χ4n) is 13.6. The van der Waals surface area contributed by atoms with Crippen LogP contribution in [-0.4, -0.2) is 174 Å². The van der Waals surface area contributed by atoms with Gasteiger partial charge in [0.1, 0.15) is 12.4 Å². The Hall–Kier alpha value is -7.93. The van der Waals surface area contributed by atoms with Crippen molar-refractivity contribution in [1.29, 1.82) is 0 Å². The van der Waals surface area contributed by atoms with Gasteiger partial charge in [-0.2, -0.15) is 0 Å². The van der Waals surface area contributed by atoms with Crippen LogP contribution in [0, 0.1) is 47.3 Å². The Bertz CT molecular complexity index is 3160. The van der Waals surface area contributed by atoms with Gasteiger partial charge in [-0.1, -0.05) is 137 Å². The van der Waals surface area contributed by atoms with Gasteiger partial charge in [0.15, 0.2) is 11.6 Å². The van der Waals surface area contributed by atoms with Crippen molar-refractivity contribution in [3.8, 4) is 0 Å². The third-order valence-electron chi connectivity index (χ3n) is 19.6. The summed E-state index contributed by atoms with van der Waals surface area (Å²) < 4.78 is 17.9. The lowest BCUT2D eigenvalue weighted by molar-refractivity contribution is -0.149. The number of nitrogens with zero attached hydrogens (tertiary/aromatic N) is 4. The number of hydrogen-bond acceptors (Lipinski definition) is 16. The van der Waals surface area contributed by atoms with Crippen LogP contribution in [0.5, 0.6) is 0 Å². The van der Waals surface area contributed by atoms with Crippen molar-refractivity contribution in [2.24, 2.45) is 53.1 Å². The van der Waals surface area contributed by atoms with E-state index in [1.165, 1.54) is 19.1 Å². The van der Waals surface area contributed by atoms with Crippen molar-refractivity contribution in [3.05, 3.63) is 101 Å². The van der Waals surface area contributed by atoms with Crippen LogP contribution < -0.4 is 21.7 Å². The Morgan fingerprint density at radius 3 is 1.91 bits per heavy atom. The number of imide groups is 1. The summed E-state index contributed by atoms with van der Waals surface area (Å²) >= 11 is 0. The highest BCUT2D eigenvalue weighted by Crippen LogP contribution is 2.34. The smallest absolute Gasteiger partial charge is 0.410 e. The Labute approximate surface area is 584 Å². The molecule has 0 aliphatic carbocycles. The predicted octanol–water partition coefficient (Wildman–Crippen LogP) is 9.65. The van der Waals surface area contributed by atoms with Crippen molar-refractivity contribution in [2.75, 3.05) is 53.3 Å². The van der Waals surface area contributed by atoms with E-state index in [1.54, 1.807) is 86.3 Å². The number of nitrogens with two attached hydrogens (primary N) is 1. The minimum absolute atomic E-state index is 0.0565. The highest BCUT2D eigenvalue weighted by atomic mass is 16.7. The van der Waals surface area contributed by atoms with E-state index in [2.05, 4.69) is 16.0 Å². The van der Waals surface area contributed by atoms with Crippen LogP contribution in [-0.2, 0) is 59.2 Å². The molecule has 2 aliphatic rings. The number of ketones is 3. The molecule has 24 heteroatoms. The first kappa shape index (κ1) is 81.7. The number of carbonyl (C=O) groups excluding carboxylic acids is 11. The number of amides is 9. The maximum absolute atomic E-state index is 14.9. The number of unbranched alkanes of at least 4 members (excludes halogenated alkanes) is 2. The first-order valence-electron chi connectivity index (χ1n) is 35.1. The number of methoxy groups -OCH3 is 2. The summed E-state index contributed by atoms with van der Waals surface area (Å²) in [6.45, 7) is 19.1. The number of benzene rings is 3. The molecule has 546 valence electrons. The Morgan fingerprint density at radius 2 is 1.33 bits per heavy atom. The summed E-state index contributed by atoms with van der Waals surface area (Å²) in [6.07, 6.45) is 0.740. The second-order valence-corrected chi connectivity index (χ2v) is 27.8. The maximum Gasteiger partial charge on any atom is 0.410 e. The van der Waals surface area contributed by atoms with Crippen molar-refractivity contribution < 1.29 is 76.9 Å². The van der Waals surface area contributed by atoms with Gasteiger partial charge in [0.25, 0.3) is 11.8 Å². The zero-order chi connectivity index (χ0) is 73.4. The molecule has 6 N–H and O–H groups in total. The molecule has 99 heavy (non-hydrogen) atoms. The molecule has 9 amide bonds. The molecule has 12 atom stereocenters. The van der Waals surface area contributed by atoms with Gasteiger partial charge < -0.3 is 55.7 Å². The number of rotatable bonds is 42. The maximum atomic E-state index is 14.9. The van der Waals surface area contributed by atoms with Gasteiger partial charge in [-0.15, -0.1) is 5.06 Å². The molecule has 0 saturated carbocycles. The summed E-state index contributed by atoms with van der Waals surface area (Å²) in [5.41, 5.74) is 7.50. The number of fused-ring (bicyclic) bond motifs is 1. The number of hydrogen-bond donors (Lipinski definition) is 5. The number of likely N-dealkylation sites (tertiary alicyclic amines) is 1. The van der Waals surface area contributed by atoms with Crippen LogP contribution in [0.15, 0.2) is 78.9 Å². The molecular formula is C75H110N8O16. The summed E-state index contributed by atoms with van der Waals surface area (Å²) in [6, 6.07) is 18.6. The van der Waals surface area contributed by atoms with E-state index in [0.717, 1.165) is 10.6 Å². The fraction of sp³-hybridized carbons (Fsp3) is 0.613. The van der Waals surface area contributed by atoms with Crippen LogP contribution in [0.3, 0.4) is 0 Å². The van der Waals surface area contributed by atoms with E-state index in [-0.39, 0.29) is 140 Å². The molecule has 1 unspecified atom stereocenters. The number of hydroxylamine groups is 2. The van der Waals surface area contributed by atoms with Gasteiger partial charge in [-0.3, -0.25) is 48.0 Å². The average molecular weight is 1380 g/mol. The van der Waals surface area contributed by atoms with Crippen molar-refractivity contribution >= 4 is 70.6 Å². The summed E-state index contributed by atoms with van der Waals surface area (Å²) in [7, 11) is 6.24. The molecule has 3 aromatic rings. The number of anilines is 1. The second kappa shape index (κ2) is 39.8. The molecule has 1 fully saturated rings. The second-order valence-electron chi connectivity index (χ2n) is 27.8. The first-order chi connectivity index (χ1) is 47.0. The van der Waals surface area contributed by atoms with Gasteiger partial charge in [0, 0.05) is 90.5 Å². The summed E-state index contributed by atoms with van der Waals surface area (Å²) in [5.74, 6) is -6.91. The standard InChI is InChI=1S/C75H110N8O16/c1-15-48(8)67(62(96-13)43-64(88)82-38-25-31-58(82)69(97-14)50(10)59(84)40-49(9)68(89)52-26-18-16-19-27-52)80(11)71(91)57(45(2)3)42-61(86)66(47(6)7)81(12)75(95)98-44-51-33-35-54(36-34-51)78-70(90)53(28-24-37-77-74(76)94)41-60(85)65(46(4)5)79-63(87)32-20-17-23-39-99-83-72(92)55-29-21-22-30-56(55)73(83)93/h16,18-19,21-22,26-27,29-30,33-36,45-50,53,57-58,62,65-69,89H,15,17,20,23-25,28,31-32,37-44H2,1-14H3,(H,78,90)(H,79,87)(H3,76,77,94)/t48?,49-,50-,53+,57-,58-,62+,65-,66-,67-,68+,69+/m0/s1. The van der Waals surface area contributed by atoms with Gasteiger partial charge in [0.2, 0.25) is 23.6 Å². The number of aliphatic hydroxyl groups excluding tert-OH is 1. The van der Waals surface area contributed by atoms with Gasteiger partial charge in [-0.25, -0.2) is 9.59 Å². The highest BCUT2D eigenvalue weighted by molar-refractivity contribution is 6.20. The lowest BCUT2D eigenvalue weighted by Gasteiger charge is -2.41. The molecule has 0 aromatic heterocycles. The Balaban J connectivity index is 1.15. The SMILES string of the molecule is CCC(C)[C@@H]([C@@H](CC(=O)N1CCC[C@H]1[C@H](OC)[C@@H](C)C(=O)C[C@H](C)[C@@H](O)c1ccccc1)OC)N(C)C(=O)[C@@H](CC(=O)[C@H](C(C)C)N(C)C(=O)OCc1ccc(NC(=O)[C@H](CCCNC(N)=O)CC(=O)[C@@H](NC(=O)CCCCCON2C(=O)c3ccccc3C2=O)C(C)C)cc1)C(C)C. The Morgan fingerprint density at radius 1 is 0.697 bits per heavy atom. The van der Waals surface area contributed by atoms with Gasteiger partial charge >= 0.3 is 12.1 Å². The van der Waals surface area contributed by atoms with Crippen LogP contribution in [0.4, 0.5) is 15.3 Å². The van der Waals surface area contributed by atoms with Crippen LogP contribution in [0.1, 0.15) is 191 Å². The van der Waals surface area contributed by atoms with Gasteiger partial charge in [0.05, 0.1) is 66.6 Å². The summed E-state index contributed by atoms with van der Waals surface area (Å²) in [5, 5.41) is 20.0. The average Bonchev–Trinajstić information content (AvgIpc) is 1.71. The predicted molar refractivity (Wildman–Crippen MR) is 374 cm³/mol. The van der Waals surface area contributed by atoms with E-state index in [4.69, 9.17) is 24.8 Å². The van der Waals surface area contributed by atoms with E-state index in [9.17, 15) is 57.8 Å². The summed E-state index contributed by atoms with van der Waals surface area (Å²) in [4.78, 5) is 159. The number of likely N-dealkylation sites (N-methyl/N-ethyl adjacent to an activating group) is 2. The number of aliphatic hydroxyl groups is 1. The van der Waals surface area contributed by atoms with Crippen molar-refractivity contribution in [3.63, 3.8) is 0 Å². The Kier molecular flexibility index (Phi) is 32.8. The van der Waals surface area contributed by atoms with Crippen LogP contribution >= 0.6 is 0 Å². The quantitative estimate of drug-likeness (QED) is 0.0260. The molecule has 0 spiro atoms. The molecule has 1 saturated heterocycles. The van der Waals surface area contributed by atoms with Crippen LogP contribution in [0.2, 0.25) is 0 Å². The zero-order valence-corrected chi connectivity index (χ0v) is 60.6. The number of Topliss-reactive ketones (excluding diaryl/α,β-unsaturated/α-hetero) is 3. The van der Waals surface area contributed by atoms with E-state index >= 15 is 0 Å². The molecule has 0 bridgehead atoms. The topological polar surface area (TPSA) is 320 Å². The molecule has 3 aromatic carbocycles. The number of ether oxygens (including phenoxy) is 3. The van der Waals surface area contributed by atoms with Crippen molar-refractivity contribution in [2.45, 2.75) is 202 Å². The largest absolute Gasteiger partial charge is 0.445 e. The molecule has 0 radical (unpaired) electrons. The minimum Gasteiger partial charge on any atom is -0.445 e. The highest BCUT2D eigenvalue weighted by Gasteiger charge is 2.44. The van der Waals surface area contributed by atoms with E-state index in [0.29, 0.717) is 62.7 Å². The minimum atomic E-state index is -0.971. The molecule has 2 aliphatic heterocycles. The van der Waals surface area contributed by atoms with Crippen molar-refractivity contribution in [1.82, 2.24) is 30.4 Å². The zero-order valence-electron chi connectivity index (χ0n) is 60.6.